The number of hydrogen-bond donors (Lipinski definition) is 1. The summed E-state index contributed by atoms with van der Waals surface area (Å²) in [6, 6.07) is 9.37. The number of aliphatic carboxylic acids is 1. The Kier molecular flexibility index (Phi) is 5.73. The topological polar surface area (TPSA) is 96.4 Å². The van der Waals surface area contributed by atoms with Gasteiger partial charge in [-0.05, 0) is 32.8 Å². The molecular weight excluding hydrogens is 376 g/mol. The minimum Gasteiger partial charge on any atom is -0.481 e. The first kappa shape index (κ1) is 21.0. The molecule has 0 saturated carbocycles. The number of carbonyl (C=O) groups excluding carboxylic acids is 2. The summed E-state index contributed by atoms with van der Waals surface area (Å²) >= 11 is 0. The number of piperidine rings is 1. The number of hydrogen-bond acceptors (Lipinski definition) is 5. The molecule has 2 heterocycles. The Morgan fingerprint density at radius 1 is 1.10 bits per heavy atom. The van der Waals surface area contributed by atoms with Crippen molar-refractivity contribution in [3.05, 3.63) is 35.9 Å². The van der Waals surface area contributed by atoms with Gasteiger partial charge in [0.1, 0.15) is 12.2 Å². The van der Waals surface area contributed by atoms with Crippen molar-refractivity contribution in [2.45, 2.75) is 39.4 Å². The van der Waals surface area contributed by atoms with Crippen molar-refractivity contribution in [1.82, 2.24) is 9.80 Å². The Hall–Kier alpha value is -2.77. The van der Waals surface area contributed by atoms with Gasteiger partial charge in [-0.25, -0.2) is 9.59 Å². The molecule has 2 saturated heterocycles. The quantitative estimate of drug-likeness (QED) is 0.832. The van der Waals surface area contributed by atoms with Crippen LogP contribution in [0.4, 0.5) is 9.59 Å². The van der Waals surface area contributed by atoms with Crippen molar-refractivity contribution < 1.29 is 29.0 Å². The van der Waals surface area contributed by atoms with Gasteiger partial charge in [0.15, 0.2) is 0 Å². The zero-order valence-electron chi connectivity index (χ0n) is 17.1. The molecule has 8 nitrogen and oxygen atoms in total. The number of rotatable bonds is 3. The van der Waals surface area contributed by atoms with E-state index in [2.05, 4.69) is 0 Å². The monoisotopic (exact) mass is 404 g/mol. The Bertz CT molecular complexity index is 775. The highest BCUT2D eigenvalue weighted by atomic mass is 16.6. The number of amides is 2. The summed E-state index contributed by atoms with van der Waals surface area (Å²) in [7, 11) is 0. The molecule has 2 aliphatic heterocycles. The van der Waals surface area contributed by atoms with Crippen molar-refractivity contribution >= 4 is 18.2 Å². The molecule has 2 amide bonds. The summed E-state index contributed by atoms with van der Waals surface area (Å²) in [5.74, 6) is -1.31. The third-order valence-corrected chi connectivity index (χ3v) is 5.50. The van der Waals surface area contributed by atoms with Crippen molar-refractivity contribution in [1.29, 1.82) is 0 Å². The summed E-state index contributed by atoms with van der Waals surface area (Å²) in [5.41, 5.74) is -0.837. The van der Waals surface area contributed by atoms with E-state index in [4.69, 9.17) is 9.47 Å². The van der Waals surface area contributed by atoms with E-state index in [1.165, 1.54) is 9.80 Å². The molecule has 29 heavy (non-hydrogen) atoms. The first-order valence-corrected chi connectivity index (χ1v) is 9.78. The molecule has 2 fully saturated rings. The van der Waals surface area contributed by atoms with E-state index >= 15 is 0 Å². The van der Waals surface area contributed by atoms with Gasteiger partial charge in [0.25, 0.3) is 0 Å². The Labute approximate surface area is 170 Å². The van der Waals surface area contributed by atoms with Crippen LogP contribution in [0.3, 0.4) is 0 Å². The van der Waals surface area contributed by atoms with Crippen LogP contribution in [0.15, 0.2) is 30.3 Å². The van der Waals surface area contributed by atoms with Gasteiger partial charge in [-0.3, -0.25) is 4.79 Å². The molecule has 0 aliphatic carbocycles. The highest BCUT2D eigenvalue weighted by Gasteiger charge is 2.57. The second-order valence-corrected chi connectivity index (χ2v) is 8.76. The second kappa shape index (κ2) is 7.93. The van der Waals surface area contributed by atoms with Gasteiger partial charge < -0.3 is 24.4 Å². The molecule has 0 bridgehead atoms. The third kappa shape index (κ3) is 4.63. The fourth-order valence-electron chi connectivity index (χ4n) is 3.97. The first-order valence-electron chi connectivity index (χ1n) is 9.78. The van der Waals surface area contributed by atoms with E-state index in [0.29, 0.717) is 0 Å². The Balaban J connectivity index is 1.65. The van der Waals surface area contributed by atoms with Crippen LogP contribution in [-0.4, -0.2) is 64.8 Å². The minimum atomic E-state index is -1.06. The number of fused-ring (bicyclic) bond motifs is 1. The number of benzene rings is 1. The van der Waals surface area contributed by atoms with E-state index in [9.17, 15) is 19.5 Å². The van der Waals surface area contributed by atoms with E-state index in [1.54, 1.807) is 20.8 Å². The Morgan fingerprint density at radius 3 is 2.38 bits per heavy atom. The van der Waals surface area contributed by atoms with E-state index in [0.717, 1.165) is 5.56 Å². The average molecular weight is 404 g/mol. The van der Waals surface area contributed by atoms with Crippen LogP contribution in [0.5, 0.6) is 0 Å². The number of carboxylic acids is 1. The van der Waals surface area contributed by atoms with Crippen LogP contribution in [0, 0.1) is 11.3 Å². The molecule has 1 aromatic rings. The van der Waals surface area contributed by atoms with E-state index in [1.807, 2.05) is 30.3 Å². The summed E-state index contributed by atoms with van der Waals surface area (Å²) in [6.07, 6.45) is -0.721. The first-order chi connectivity index (χ1) is 13.6. The third-order valence-electron chi connectivity index (χ3n) is 5.50. The van der Waals surface area contributed by atoms with Crippen molar-refractivity contribution in [2.75, 3.05) is 26.2 Å². The molecule has 8 heteroatoms. The predicted molar refractivity (Wildman–Crippen MR) is 104 cm³/mol. The molecule has 0 radical (unpaired) electrons. The highest BCUT2D eigenvalue weighted by molar-refractivity contribution is 5.79. The predicted octanol–water partition coefficient (Wildman–Crippen LogP) is 2.97. The molecule has 2 aliphatic rings. The molecule has 0 aromatic heterocycles. The van der Waals surface area contributed by atoms with Crippen LogP contribution in [0.1, 0.15) is 32.8 Å². The Morgan fingerprint density at radius 2 is 1.76 bits per heavy atom. The number of nitrogens with zero attached hydrogens (tertiary/aromatic N) is 2. The normalized spacial score (nSPS) is 24.0. The van der Waals surface area contributed by atoms with Crippen molar-refractivity contribution in [3.63, 3.8) is 0 Å². The lowest BCUT2D eigenvalue weighted by Gasteiger charge is -2.39. The number of ether oxygens (including phenoxy) is 2. The molecule has 2 atom stereocenters. The number of carbonyl (C=O) groups is 3. The maximum absolute atomic E-state index is 12.5. The van der Waals surface area contributed by atoms with E-state index in [-0.39, 0.29) is 45.1 Å². The molecular formula is C21H28N2O6. The lowest BCUT2D eigenvalue weighted by Crippen LogP contribution is -2.52. The fourth-order valence-corrected chi connectivity index (χ4v) is 3.97. The minimum absolute atomic E-state index is 0.0921. The highest BCUT2D eigenvalue weighted by Crippen LogP contribution is 2.43. The van der Waals surface area contributed by atoms with Crippen molar-refractivity contribution in [2.24, 2.45) is 11.3 Å². The molecule has 0 spiro atoms. The van der Waals surface area contributed by atoms with Gasteiger partial charge >= 0.3 is 18.2 Å². The average Bonchev–Trinajstić information content (AvgIpc) is 3.06. The van der Waals surface area contributed by atoms with Crippen molar-refractivity contribution in [3.8, 4) is 0 Å². The largest absolute Gasteiger partial charge is 0.481 e. The molecule has 158 valence electrons. The summed E-state index contributed by atoms with van der Waals surface area (Å²) in [4.78, 5) is 40.0. The van der Waals surface area contributed by atoms with E-state index < -0.39 is 29.2 Å². The van der Waals surface area contributed by atoms with Gasteiger partial charge in [0.2, 0.25) is 0 Å². The zero-order chi connectivity index (χ0) is 21.2. The number of carboxylic acid groups (broad SMARTS) is 1. The van der Waals surface area contributed by atoms with Gasteiger partial charge in [-0.2, -0.15) is 0 Å². The van der Waals surface area contributed by atoms with Crippen LogP contribution in [0.25, 0.3) is 0 Å². The van der Waals surface area contributed by atoms with Gasteiger partial charge in [0.05, 0.1) is 5.41 Å². The SMILES string of the molecule is CC(C)(C)OC(=O)N1C[C@@H]2CN(C(=O)OCc3ccccc3)CC[C@]2(C(=O)O)C1. The maximum Gasteiger partial charge on any atom is 0.410 e. The van der Waals surface area contributed by atoms with Crippen LogP contribution < -0.4 is 0 Å². The van der Waals surface area contributed by atoms with Crippen LogP contribution >= 0.6 is 0 Å². The summed E-state index contributed by atoms with van der Waals surface area (Å²) in [6.45, 7) is 6.31. The standard InChI is InChI=1S/C21H28N2O6/c1-20(2,3)29-19(27)23-12-16-11-22(10-9-21(16,14-23)17(24)25)18(26)28-13-15-7-5-4-6-8-15/h4-8,16H,9-14H2,1-3H3,(H,24,25)/t16-,21-/m0/s1. The lowest BCUT2D eigenvalue weighted by molar-refractivity contribution is -0.153. The van der Waals surface area contributed by atoms with Gasteiger partial charge in [-0.15, -0.1) is 0 Å². The zero-order valence-corrected chi connectivity index (χ0v) is 17.1. The van der Waals surface area contributed by atoms with Gasteiger partial charge in [-0.1, -0.05) is 30.3 Å². The maximum atomic E-state index is 12.5. The molecule has 3 rings (SSSR count). The summed E-state index contributed by atoms with van der Waals surface area (Å²) < 4.78 is 10.8. The van der Waals surface area contributed by atoms with Crippen LogP contribution in [0.2, 0.25) is 0 Å². The second-order valence-electron chi connectivity index (χ2n) is 8.76. The van der Waals surface area contributed by atoms with Gasteiger partial charge in [0, 0.05) is 32.1 Å². The molecule has 1 aromatic carbocycles. The fraction of sp³-hybridized carbons (Fsp3) is 0.571. The summed E-state index contributed by atoms with van der Waals surface area (Å²) in [5, 5.41) is 9.89. The molecule has 1 N–H and O–H groups in total. The van der Waals surface area contributed by atoms with Crippen LogP contribution in [-0.2, 0) is 20.9 Å². The number of likely N-dealkylation sites (tertiary alicyclic amines) is 2. The lowest BCUT2D eigenvalue weighted by atomic mass is 9.72. The smallest absolute Gasteiger partial charge is 0.410 e. The molecule has 0 unspecified atom stereocenters.